The molecule has 8 heteroatoms. The molecule has 2 aromatic carbocycles. The molecule has 2 unspecified atom stereocenters. The summed E-state index contributed by atoms with van der Waals surface area (Å²) >= 11 is 0. The second kappa shape index (κ2) is 10.3. The Morgan fingerprint density at radius 2 is 1.79 bits per heavy atom. The molecule has 2 aromatic rings. The zero-order valence-corrected chi connectivity index (χ0v) is 18.8. The van der Waals surface area contributed by atoms with Crippen molar-refractivity contribution in [3.63, 3.8) is 0 Å². The summed E-state index contributed by atoms with van der Waals surface area (Å²) in [7, 11) is 0. The van der Waals surface area contributed by atoms with Crippen LogP contribution in [0.25, 0.3) is 0 Å². The fraction of sp³-hybridized carbons (Fsp3) is 0.440. The van der Waals surface area contributed by atoms with E-state index in [1.807, 2.05) is 6.07 Å². The Morgan fingerprint density at radius 1 is 1.12 bits per heavy atom. The number of carbonyl (C=O) groups excluding carboxylic acids is 1. The Morgan fingerprint density at radius 3 is 2.36 bits per heavy atom. The van der Waals surface area contributed by atoms with Crippen molar-refractivity contribution < 1.29 is 39.1 Å². The molecule has 3 rings (SSSR count). The van der Waals surface area contributed by atoms with Crippen LogP contribution in [-0.2, 0) is 26.3 Å². The number of hydrogen-bond donors (Lipinski definition) is 3. The number of benzene rings is 2. The number of Topliss-reactive ketones (excluding diaryl/α,β-unsaturated/α-hetero) is 1. The van der Waals surface area contributed by atoms with Gasteiger partial charge in [0, 0.05) is 13.0 Å². The van der Waals surface area contributed by atoms with Crippen LogP contribution in [0.3, 0.4) is 0 Å². The number of rotatable bonds is 11. The summed E-state index contributed by atoms with van der Waals surface area (Å²) in [6.45, 7) is 3.17. The molecule has 0 radical (unpaired) electrons. The monoisotopic (exact) mass is 458 g/mol. The quantitative estimate of drug-likeness (QED) is 0.469. The summed E-state index contributed by atoms with van der Waals surface area (Å²) < 4.78 is 16.7. The predicted molar refractivity (Wildman–Crippen MR) is 119 cm³/mol. The molecule has 1 heterocycles. The molecule has 1 saturated heterocycles. The Hall–Kier alpha value is -2.94. The number of ether oxygens (including phenoxy) is 3. The summed E-state index contributed by atoms with van der Waals surface area (Å²) in [5, 5.41) is 30.0. The van der Waals surface area contributed by atoms with E-state index in [0.717, 1.165) is 5.56 Å². The van der Waals surface area contributed by atoms with Crippen molar-refractivity contribution in [1.82, 2.24) is 0 Å². The average Bonchev–Trinajstić information content (AvgIpc) is 3.26. The minimum absolute atomic E-state index is 0.0127. The molecule has 0 aromatic heterocycles. The molecular formula is C25H30O8. The van der Waals surface area contributed by atoms with E-state index in [4.69, 9.17) is 14.2 Å². The molecule has 8 nitrogen and oxygen atoms in total. The third-order valence-corrected chi connectivity index (χ3v) is 5.87. The van der Waals surface area contributed by atoms with Crippen LogP contribution >= 0.6 is 0 Å². The van der Waals surface area contributed by atoms with E-state index in [0.29, 0.717) is 36.5 Å². The lowest BCUT2D eigenvalue weighted by Crippen LogP contribution is -2.40. The number of aliphatic hydroxyl groups is 2. The maximum Gasteiger partial charge on any atom is 0.336 e. The van der Waals surface area contributed by atoms with Crippen LogP contribution in [0.15, 0.2) is 48.5 Å². The molecule has 178 valence electrons. The van der Waals surface area contributed by atoms with Gasteiger partial charge in [0.05, 0.1) is 0 Å². The molecule has 33 heavy (non-hydrogen) atoms. The summed E-state index contributed by atoms with van der Waals surface area (Å²) in [5.74, 6) is -0.325. The van der Waals surface area contributed by atoms with Gasteiger partial charge >= 0.3 is 5.97 Å². The SMILES string of the molecule is CC(=O)C(C)(O)c1ccc(OC[C@H](O)COc2cccc(CC3(C(=O)O)CCCO3)c2)cc1. The van der Waals surface area contributed by atoms with Gasteiger partial charge in [-0.1, -0.05) is 24.3 Å². The zero-order chi connectivity index (χ0) is 24.1. The van der Waals surface area contributed by atoms with Gasteiger partial charge in [0.25, 0.3) is 0 Å². The van der Waals surface area contributed by atoms with Gasteiger partial charge in [-0.2, -0.15) is 0 Å². The number of carboxylic acid groups (broad SMARTS) is 1. The molecule has 0 saturated carbocycles. The largest absolute Gasteiger partial charge is 0.491 e. The first-order valence-electron chi connectivity index (χ1n) is 10.9. The topological polar surface area (TPSA) is 123 Å². The fourth-order valence-corrected chi connectivity index (χ4v) is 3.67. The van der Waals surface area contributed by atoms with Gasteiger partial charge in [0.15, 0.2) is 11.4 Å². The van der Waals surface area contributed by atoms with Crippen LogP contribution in [0.1, 0.15) is 37.8 Å². The Bertz CT molecular complexity index is 961. The van der Waals surface area contributed by atoms with Gasteiger partial charge in [0.1, 0.15) is 36.4 Å². The zero-order valence-electron chi connectivity index (χ0n) is 18.8. The highest BCUT2D eigenvalue weighted by Gasteiger charge is 2.43. The van der Waals surface area contributed by atoms with E-state index in [1.54, 1.807) is 42.5 Å². The van der Waals surface area contributed by atoms with E-state index in [9.17, 15) is 24.9 Å². The lowest BCUT2D eigenvalue weighted by molar-refractivity contribution is -0.159. The third kappa shape index (κ3) is 6.10. The fourth-order valence-electron chi connectivity index (χ4n) is 3.67. The van der Waals surface area contributed by atoms with Gasteiger partial charge in [-0.15, -0.1) is 0 Å². The van der Waals surface area contributed by atoms with Crippen LogP contribution in [0.4, 0.5) is 0 Å². The molecule has 1 fully saturated rings. The third-order valence-electron chi connectivity index (χ3n) is 5.87. The second-order valence-electron chi connectivity index (χ2n) is 8.50. The highest BCUT2D eigenvalue weighted by atomic mass is 16.5. The highest BCUT2D eigenvalue weighted by molar-refractivity contribution is 5.85. The van der Waals surface area contributed by atoms with Crippen LogP contribution in [0.5, 0.6) is 11.5 Å². The van der Waals surface area contributed by atoms with Gasteiger partial charge in [-0.25, -0.2) is 4.79 Å². The Balaban J connectivity index is 1.50. The molecule has 1 aliphatic heterocycles. The first-order chi connectivity index (χ1) is 15.6. The summed E-state index contributed by atoms with van der Waals surface area (Å²) in [4.78, 5) is 23.2. The van der Waals surface area contributed by atoms with Gasteiger partial charge in [-0.05, 0) is 62.1 Å². The maximum atomic E-state index is 11.7. The molecule has 0 aliphatic carbocycles. The summed E-state index contributed by atoms with van der Waals surface area (Å²) in [5.41, 5.74) is -1.52. The van der Waals surface area contributed by atoms with Crippen LogP contribution in [-0.4, -0.2) is 58.6 Å². The number of carboxylic acids is 1. The molecule has 0 spiro atoms. The molecule has 3 N–H and O–H groups in total. The van der Waals surface area contributed by atoms with Crippen LogP contribution in [0, 0.1) is 0 Å². The minimum atomic E-state index is -1.56. The first kappa shape index (κ1) is 24.7. The molecule has 0 bridgehead atoms. The standard InChI is InChI=1S/C25H30O8/c1-17(26)24(2,30)19-7-9-21(10-8-19)31-15-20(27)16-32-22-6-3-5-18(13-22)14-25(23(28)29)11-4-12-33-25/h3,5-10,13,20,27,30H,4,11-12,14-16H2,1-2H3,(H,28,29)/t20-,24?,25?/m0/s1. The van der Waals surface area contributed by atoms with Crippen molar-refractivity contribution in [3.05, 3.63) is 59.7 Å². The maximum absolute atomic E-state index is 11.7. The lowest BCUT2D eigenvalue weighted by Gasteiger charge is -2.23. The van der Waals surface area contributed by atoms with E-state index >= 15 is 0 Å². The first-order valence-corrected chi connectivity index (χ1v) is 10.9. The van der Waals surface area contributed by atoms with E-state index in [1.165, 1.54) is 13.8 Å². The molecule has 0 amide bonds. The van der Waals surface area contributed by atoms with Crippen molar-refractivity contribution in [1.29, 1.82) is 0 Å². The van der Waals surface area contributed by atoms with Crippen molar-refractivity contribution in [2.45, 2.75) is 50.4 Å². The molecule has 3 atom stereocenters. The summed E-state index contributed by atoms with van der Waals surface area (Å²) in [6, 6.07) is 13.5. The van der Waals surface area contributed by atoms with Crippen molar-refractivity contribution in [2.75, 3.05) is 19.8 Å². The Kier molecular flexibility index (Phi) is 7.73. The van der Waals surface area contributed by atoms with E-state index in [-0.39, 0.29) is 25.4 Å². The Labute approximate surface area is 192 Å². The van der Waals surface area contributed by atoms with Crippen molar-refractivity contribution in [2.24, 2.45) is 0 Å². The number of carbonyl (C=O) groups is 2. The average molecular weight is 459 g/mol. The van der Waals surface area contributed by atoms with Gasteiger partial charge < -0.3 is 29.5 Å². The van der Waals surface area contributed by atoms with Crippen molar-refractivity contribution in [3.8, 4) is 11.5 Å². The smallest absolute Gasteiger partial charge is 0.336 e. The highest BCUT2D eigenvalue weighted by Crippen LogP contribution is 2.31. The number of hydrogen-bond acceptors (Lipinski definition) is 7. The lowest BCUT2D eigenvalue weighted by atomic mass is 9.91. The molecular weight excluding hydrogens is 428 g/mol. The second-order valence-corrected chi connectivity index (χ2v) is 8.50. The van der Waals surface area contributed by atoms with E-state index in [2.05, 4.69) is 0 Å². The normalized spacial score (nSPS) is 20.6. The van der Waals surface area contributed by atoms with E-state index < -0.39 is 23.3 Å². The van der Waals surface area contributed by atoms with Crippen molar-refractivity contribution >= 4 is 11.8 Å². The van der Waals surface area contributed by atoms with Gasteiger partial charge in [-0.3, -0.25) is 4.79 Å². The number of aliphatic hydroxyl groups excluding tert-OH is 1. The predicted octanol–water partition coefficient (Wildman–Crippen LogP) is 2.48. The molecule has 1 aliphatic rings. The number of aliphatic carboxylic acids is 1. The minimum Gasteiger partial charge on any atom is -0.491 e. The summed E-state index contributed by atoms with van der Waals surface area (Å²) in [6.07, 6.45) is 0.527. The van der Waals surface area contributed by atoms with Gasteiger partial charge in [0.2, 0.25) is 0 Å². The van der Waals surface area contributed by atoms with Crippen LogP contribution < -0.4 is 9.47 Å². The number of ketones is 1. The van der Waals surface area contributed by atoms with Crippen LogP contribution in [0.2, 0.25) is 0 Å².